The Balaban J connectivity index is 2.42. The van der Waals surface area contributed by atoms with Crippen molar-refractivity contribution in [3.05, 3.63) is 0 Å². The van der Waals surface area contributed by atoms with Crippen LogP contribution in [0.15, 0.2) is 0 Å². The third-order valence-electron chi connectivity index (χ3n) is 4.55. The molecule has 108 valence electrons. The van der Waals surface area contributed by atoms with Gasteiger partial charge in [-0.25, -0.2) is 0 Å². The molecule has 0 aromatic heterocycles. The number of likely N-dealkylation sites (N-methyl/N-ethyl adjacent to an activating group) is 1. The highest BCUT2D eigenvalue weighted by molar-refractivity contribution is 4.88. The summed E-state index contributed by atoms with van der Waals surface area (Å²) in [5.74, 6) is 0.937. The Bertz CT molecular complexity index is 227. The zero-order valence-corrected chi connectivity index (χ0v) is 12.7. The van der Waals surface area contributed by atoms with Crippen molar-refractivity contribution < 1.29 is 5.11 Å². The second kappa shape index (κ2) is 7.46. The molecule has 1 fully saturated rings. The van der Waals surface area contributed by atoms with Gasteiger partial charge in [-0.05, 0) is 58.7 Å². The second-order valence-electron chi connectivity index (χ2n) is 6.19. The minimum absolute atomic E-state index is 0.129. The van der Waals surface area contributed by atoms with Crippen LogP contribution in [0, 0.1) is 5.92 Å². The van der Waals surface area contributed by atoms with Crippen LogP contribution in [0.4, 0.5) is 0 Å². The summed E-state index contributed by atoms with van der Waals surface area (Å²) >= 11 is 0. The standard InChI is InChI=1S/C15H32N2O/c1-5-14-7-9-17(10-8-14)13(3)11-15(4,12-18)16-6-2/h13-14,16,18H,5-12H2,1-4H3. The minimum Gasteiger partial charge on any atom is -0.394 e. The van der Waals surface area contributed by atoms with Crippen LogP contribution in [0.3, 0.4) is 0 Å². The van der Waals surface area contributed by atoms with Crippen molar-refractivity contribution in [1.82, 2.24) is 10.2 Å². The molecule has 0 aliphatic carbocycles. The molecule has 1 aliphatic rings. The lowest BCUT2D eigenvalue weighted by Crippen LogP contribution is -2.51. The highest BCUT2D eigenvalue weighted by Gasteiger charge is 2.29. The van der Waals surface area contributed by atoms with Crippen molar-refractivity contribution in [2.24, 2.45) is 5.92 Å². The van der Waals surface area contributed by atoms with E-state index in [0.29, 0.717) is 6.04 Å². The van der Waals surface area contributed by atoms with Crippen LogP contribution in [0.1, 0.15) is 53.4 Å². The van der Waals surface area contributed by atoms with Gasteiger partial charge in [0.2, 0.25) is 0 Å². The first-order chi connectivity index (χ1) is 8.54. The van der Waals surface area contributed by atoms with Gasteiger partial charge < -0.3 is 15.3 Å². The number of hydrogen-bond acceptors (Lipinski definition) is 3. The molecular formula is C15H32N2O. The summed E-state index contributed by atoms with van der Waals surface area (Å²) in [4.78, 5) is 2.59. The lowest BCUT2D eigenvalue weighted by molar-refractivity contribution is 0.0901. The lowest BCUT2D eigenvalue weighted by Gasteiger charge is -2.40. The number of piperidine rings is 1. The maximum atomic E-state index is 9.56. The quantitative estimate of drug-likeness (QED) is 0.733. The van der Waals surface area contributed by atoms with E-state index in [1.54, 1.807) is 0 Å². The maximum Gasteiger partial charge on any atom is 0.0611 e. The highest BCUT2D eigenvalue weighted by Crippen LogP contribution is 2.24. The summed E-state index contributed by atoms with van der Waals surface area (Å²) in [6, 6.07) is 0.555. The van der Waals surface area contributed by atoms with Gasteiger partial charge in [-0.15, -0.1) is 0 Å². The van der Waals surface area contributed by atoms with Crippen LogP contribution >= 0.6 is 0 Å². The fourth-order valence-corrected chi connectivity index (χ4v) is 3.20. The largest absolute Gasteiger partial charge is 0.394 e. The summed E-state index contributed by atoms with van der Waals surface area (Å²) in [5, 5.41) is 13.0. The Morgan fingerprint density at radius 3 is 2.39 bits per heavy atom. The summed E-state index contributed by atoms with van der Waals surface area (Å²) in [7, 11) is 0. The zero-order chi connectivity index (χ0) is 13.6. The van der Waals surface area contributed by atoms with Crippen molar-refractivity contribution in [3.8, 4) is 0 Å². The number of nitrogens with one attached hydrogen (secondary N) is 1. The number of aliphatic hydroxyl groups is 1. The van der Waals surface area contributed by atoms with Crippen molar-refractivity contribution in [1.29, 1.82) is 0 Å². The van der Waals surface area contributed by atoms with E-state index in [1.807, 2.05) is 0 Å². The molecule has 2 atom stereocenters. The number of likely N-dealkylation sites (tertiary alicyclic amines) is 1. The van der Waals surface area contributed by atoms with E-state index >= 15 is 0 Å². The van der Waals surface area contributed by atoms with Crippen molar-refractivity contribution in [3.63, 3.8) is 0 Å². The summed E-state index contributed by atoms with van der Waals surface area (Å²) in [5.41, 5.74) is -0.129. The number of rotatable bonds is 7. The van der Waals surface area contributed by atoms with E-state index in [0.717, 1.165) is 18.9 Å². The molecular weight excluding hydrogens is 224 g/mol. The van der Waals surface area contributed by atoms with E-state index in [-0.39, 0.29) is 12.1 Å². The molecule has 1 rings (SSSR count). The normalized spacial score (nSPS) is 23.8. The molecule has 18 heavy (non-hydrogen) atoms. The van der Waals surface area contributed by atoms with Gasteiger partial charge in [0.05, 0.1) is 6.61 Å². The fourth-order valence-electron chi connectivity index (χ4n) is 3.20. The molecule has 3 nitrogen and oxygen atoms in total. The van der Waals surface area contributed by atoms with Gasteiger partial charge in [0.15, 0.2) is 0 Å². The maximum absolute atomic E-state index is 9.56. The van der Waals surface area contributed by atoms with E-state index in [2.05, 4.69) is 37.9 Å². The Hall–Kier alpha value is -0.120. The van der Waals surface area contributed by atoms with Crippen LogP contribution in [0.2, 0.25) is 0 Å². The van der Waals surface area contributed by atoms with Gasteiger partial charge in [0.1, 0.15) is 0 Å². The number of aliphatic hydroxyl groups excluding tert-OH is 1. The van der Waals surface area contributed by atoms with Gasteiger partial charge in [0, 0.05) is 11.6 Å². The first-order valence-corrected chi connectivity index (χ1v) is 7.64. The predicted octanol–water partition coefficient (Wildman–Crippen LogP) is 2.25. The fraction of sp³-hybridized carbons (Fsp3) is 1.00. The summed E-state index contributed by atoms with van der Waals surface area (Å²) < 4.78 is 0. The first-order valence-electron chi connectivity index (χ1n) is 7.64. The molecule has 1 saturated heterocycles. The predicted molar refractivity (Wildman–Crippen MR) is 77.8 cm³/mol. The smallest absolute Gasteiger partial charge is 0.0611 e. The Labute approximate surface area is 113 Å². The topological polar surface area (TPSA) is 35.5 Å². The van der Waals surface area contributed by atoms with E-state index in [4.69, 9.17) is 0 Å². The van der Waals surface area contributed by atoms with Crippen LogP contribution < -0.4 is 5.32 Å². The Morgan fingerprint density at radius 2 is 1.94 bits per heavy atom. The SMILES string of the molecule is CCNC(C)(CO)CC(C)N1CCC(CC)CC1. The van der Waals surface area contributed by atoms with Gasteiger partial charge >= 0.3 is 0 Å². The van der Waals surface area contributed by atoms with Crippen LogP contribution in [-0.4, -0.2) is 47.8 Å². The first kappa shape index (κ1) is 15.9. The summed E-state index contributed by atoms with van der Waals surface area (Å²) in [6.07, 6.45) is 5.04. The molecule has 2 unspecified atom stereocenters. The lowest BCUT2D eigenvalue weighted by atomic mass is 9.90. The highest BCUT2D eigenvalue weighted by atomic mass is 16.3. The van der Waals surface area contributed by atoms with E-state index < -0.39 is 0 Å². The second-order valence-corrected chi connectivity index (χ2v) is 6.19. The Kier molecular flexibility index (Phi) is 6.61. The van der Waals surface area contributed by atoms with Crippen LogP contribution in [0.5, 0.6) is 0 Å². The third-order valence-corrected chi connectivity index (χ3v) is 4.55. The minimum atomic E-state index is -0.129. The molecule has 0 saturated carbocycles. The molecule has 0 aromatic carbocycles. The van der Waals surface area contributed by atoms with E-state index in [9.17, 15) is 5.11 Å². The average molecular weight is 256 g/mol. The number of nitrogens with zero attached hydrogens (tertiary/aromatic N) is 1. The molecule has 0 bridgehead atoms. The third kappa shape index (κ3) is 4.52. The molecule has 1 heterocycles. The van der Waals surface area contributed by atoms with Gasteiger partial charge in [-0.1, -0.05) is 20.3 Å². The Morgan fingerprint density at radius 1 is 1.33 bits per heavy atom. The van der Waals surface area contributed by atoms with Crippen LogP contribution in [0.25, 0.3) is 0 Å². The van der Waals surface area contributed by atoms with Crippen molar-refractivity contribution in [2.45, 2.75) is 65.0 Å². The average Bonchev–Trinajstić information content (AvgIpc) is 2.39. The summed E-state index contributed by atoms with van der Waals surface area (Å²) in [6.45, 7) is 12.4. The molecule has 2 N–H and O–H groups in total. The number of hydrogen-bond donors (Lipinski definition) is 2. The molecule has 0 aromatic rings. The molecule has 0 amide bonds. The van der Waals surface area contributed by atoms with Crippen LogP contribution in [-0.2, 0) is 0 Å². The van der Waals surface area contributed by atoms with Gasteiger partial charge in [-0.3, -0.25) is 0 Å². The molecule has 3 heteroatoms. The molecule has 1 aliphatic heterocycles. The molecule has 0 spiro atoms. The van der Waals surface area contributed by atoms with Gasteiger partial charge in [-0.2, -0.15) is 0 Å². The van der Waals surface area contributed by atoms with Crippen molar-refractivity contribution >= 4 is 0 Å². The molecule has 0 radical (unpaired) electrons. The van der Waals surface area contributed by atoms with Gasteiger partial charge in [0.25, 0.3) is 0 Å². The van der Waals surface area contributed by atoms with Crippen molar-refractivity contribution in [2.75, 3.05) is 26.2 Å². The zero-order valence-electron chi connectivity index (χ0n) is 12.7. The van der Waals surface area contributed by atoms with E-state index in [1.165, 1.54) is 32.4 Å². The monoisotopic (exact) mass is 256 g/mol.